The Kier molecular flexibility index (Phi) is 7.06. The van der Waals surface area contributed by atoms with Crippen LogP contribution in [0.3, 0.4) is 0 Å². The lowest BCUT2D eigenvalue weighted by atomic mass is 9.86. The lowest BCUT2D eigenvalue weighted by Crippen LogP contribution is -2.43. The molecule has 0 bridgehead atoms. The molecule has 1 fully saturated rings. The first kappa shape index (κ1) is 19.9. The van der Waals surface area contributed by atoms with Gasteiger partial charge in [0.15, 0.2) is 6.61 Å². The van der Waals surface area contributed by atoms with Crippen LogP contribution < -0.4 is 15.4 Å². The highest BCUT2D eigenvalue weighted by Crippen LogP contribution is 2.23. The van der Waals surface area contributed by atoms with Gasteiger partial charge >= 0.3 is 0 Å². The van der Waals surface area contributed by atoms with Crippen molar-refractivity contribution in [3.63, 3.8) is 0 Å². The summed E-state index contributed by atoms with van der Waals surface area (Å²) in [6.07, 6.45) is 4.55. The molecule has 148 valence electrons. The molecular formula is C23H28N2O3. The number of ether oxygens (including phenoxy) is 1. The molecule has 5 nitrogen and oxygen atoms in total. The molecule has 0 heterocycles. The zero-order chi connectivity index (χ0) is 19.8. The number of hydrogen-bond donors (Lipinski definition) is 2. The molecule has 2 atom stereocenters. The van der Waals surface area contributed by atoms with Gasteiger partial charge in [0, 0.05) is 12.6 Å². The third-order valence-corrected chi connectivity index (χ3v) is 5.24. The summed E-state index contributed by atoms with van der Waals surface area (Å²) in [5.41, 5.74) is 1.45. The molecule has 2 aromatic rings. The zero-order valence-corrected chi connectivity index (χ0v) is 16.3. The summed E-state index contributed by atoms with van der Waals surface area (Å²) in [7, 11) is 0. The fourth-order valence-electron chi connectivity index (χ4n) is 3.58. The van der Waals surface area contributed by atoms with Gasteiger partial charge in [0.05, 0.1) is 5.56 Å². The van der Waals surface area contributed by atoms with Crippen molar-refractivity contribution >= 4 is 11.8 Å². The van der Waals surface area contributed by atoms with Crippen LogP contribution >= 0.6 is 0 Å². The molecule has 3 rings (SSSR count). The maximum atomic E-state index is 12.6. The van der Waals surface area contributed by atoms with E-state index in [2.05, 4.69) is 17.6 Å². The summed E-state index contributed by atoms with van der Waals surface area (Å²) in [5.74, 6) is 0.549. The minimum atomic E-state index is -0.222. The molecule has 0 unspecified atom stereocenters. The van der Waals surface area contributed by atoms with Crippen molar-refractivity contribution < 1.29 is 14.3 Å². The van der Waals surface area contributed by atoms with Crippen LogP contribution in [0.1, 0.15) is 48.5 Å². The van der Waals surface area contributed by atoms with Crippen molar-refractivity contribution in [1.82, 2.24) is 10.6 Å². The number of benzene rings is 2. The van der Waals surface area contributed by atoms with Crippen LogP contribution in [-0.4, -0.2) is 24.5 Å². The maximum Gasteiger partial charge on any atom is 0.258 e. The van der Waals surface area contributed by atoms with Gasteiger partial charge in [-0.3, -0.25) is 9.59 Å². The third kappa shape index (κ3) is 5.59. The Labute approximate surface area is 166 Å². The second kappa shape index (κ2) is 9.93. The minimum Gasteiger partial charge on any atom is -0.483 e. The normalized spacial score (nSPS) is 18.9. The highest BCUT2D eigenvalue weighted by molar-refractivity contribution is 5.97. The zero-order valence-electron chi connectivity index (χ0n) is 16.3. The van der Waals surface area contributed by atoms with E-state index < -0.39 is 0 Å². The monoisotopic (exact) mass is 380 g/mol. The minimum absolute atomic E-state index is 0.0911. The number of hydrogen-bond acceptors (Lipinski definition) is 3. The van der Waals surface area contributed by atoms with Crippen molar-refractivity contribution in [3.05, 3.63) is 65.7 Å². The van der Waals surface area contributed by atoms with Crippen LogP contribution in [0.5, 0.6) is 5.75 Å². The van der Waals surface area contributed by atoms with Crippen LogP contribution in [0.4, 0.5) is 0 Å². The summed E-state index contributed by atoms with van der Waals surface area (Å²) in [6.45, 7) is 2.53. The molecule has 0 saturated heterocycles. The topological polar surface area (TPSA) is 67.4 Å². The van der Waals surface area contributed by atoms with Gasteiger partial charge in [-0.1, -0.05) is 62.2 Å². The predicted molar refractivity (Wildman–Crippen MR) is 109 cm³/mol. The average molecular weight is 380 g/mol. The molecule has 0 aromatic heterocycles. The van der Waals surface area contributed by atoms with Crippen LogP contribution in [0.15, 0.2) is 54.6 Å². The standard InChI is InChI=1S/C23H28N2O3/c1-17-9-5-7-13-20(17)25-22(26)16-28-21-14-8-6-12-19(21)23(27)24-15-18-10-3-2-4-11-18/h2-4,6,8,10-12,14,17,20H,5,7,9,13,15-16H2,1H3,(H,24,27)(H,25,26)/t17-,20+/m1/s1. The van der Waals surface area contributed by atoms with E-state index in [-0.39, 0.29) is 24.5 Å². The van der Waals surface area contributed by atoms with E-state index in [0.29, 0.717) is 23.8 Å². The second-order valence-corrected chi connectivity index (χ2v) is 7.39. The Hall–Kier alpha value is -2.82. The van der Waals surface area contributed by atoms with Crippen LogP contribution in [0.2, 0.25) is 0 Å². The van der Waals surface area contributed by atoms with Crippen LogP contribution in [0.25, 0.3) is 0 Å². The fourth-order valence-corrected chi connectivity index (χ4v) is 3.58. The lowest BCUT2D eigenvalue weighted by molar-refractivity contribution is -0.124. The molecule has 2 aromatic carbocycles. The molecule has 2 amide bonds. The Morgan fingerprint density at radius 1 is 1.00 bits per heavy atom. The Bertz CT molecular complexity index is 791. The number of rotatable bonds is 7. The molecule has 1 saturated carbocycles. The summed E-state index contributed by atoms with van der Waals surface area (Å²) >= 11 is 0. The van der Waals surface area contributed by atoms with Crippen molar-refractivity contribution in [1.29, 1.82) is 0 Å². The summed E-state index contributed by atoms with van der Waals surface area (Å²) in [5, 5.41) is 5.97. The summed E-state index contributed by atoms with van der Waals surface area (Å²) < 4.78 is 5.68. The first-order chi connectivity index (χ1) is 13.6. The number of nitrogens with one attached hydrogen (secondary N) is 2. The predicted octanol–water partition coefficient (Wildman–Crippen LogP) is 3.69. The Morgan fingerprint density at radius 2 is 1.71 bits per heavy atom. The summed E-state index contributed by atoms with van der Waals surface area (Å²) in [4.78, 5) is 24.8. The number of para-hydroxylation sites is 1. The van der Waals surface area contributed by atoms with Gasteiger partial charge in [0.2, 0.25) is 0 Å². The number of amides is 2. The SMILES string of the molecule is C[C@@H]1CCCC[C@@H]1NC(=O)COc1ccccc1C(=O)NCc1ccccc1. The van der Waals surface area contributed by atoms with E-state index in [1.807, 2.05) is 30.3 Å². The van der Waals surface area contributed by atoms with E-state index in [9.17, 15) is 9.59 Å². The largest absolute Gasteiger partial charge is 0.483 e. The van der Waals surface area contributed by atoms with Gasteiger partial charge in [0.25, 0.3) is 11.8 Å². The Balaban J connectivity index is 1.54. The molecule has 1 aliphatic carbocycles. The van der Waals surface area contributed by atoms with Crippen molar-refractivity contribution in [2.45, 2.75) is 45.2 Å². The first-order valence-corrected chi connectivity index (χ1v) is 9.97. The van der Waals surface area contributed by atoms with Gasteiger partial charge in [-0.05, 0) is 36.5 Å². The van der Waals surface area contributed by atoms with Crippen molar-refractivity contribution in [3.8, 4) is 5.75 Å². The molecule has 5 heteroatoms. The third-order valence-electron chi connectivity index (χ3n) is 5.24. The highest BCUT2D eigenvalue weighted by Gasteiger charge is 2.23. The van der Waals surface area contributed by atoms with Crippen LogP contribution in [0, 0.1) is 5.92 Å². The van der Waals surface area contributed by atoms with Gasteiger partial charge in [0.1, 0.15) is 5.75 Å². The van der Waals surface area contributed by atoms with Gasteiger partial charge in [-0.2, -0.15) is 0 Å². The molecular weight excluding hydrogens is 352 g/mol. The van der Waals surface area contributed by atoms with Gasteiger partial charge < -0.3 is 15.4 Å². The second-order valence-electron chi connectivity index (χ2n) is 7.39. The highest BCUT2D eigenvalue weighted by atomic mass is 16.5. The molecule has 1 aliphatic rings. The molecule has 28 heavy (non-hydrogen) atoms. The lowest BCUT2D eigenvalue weighted by Gasteiger charge is -2.29. The van der Waals surface area contributed by atoms with Crippen molar-refractivity contribution in [2.75, 3.05) is 6.61 Å². The van der Waals surface area contributed by atoms with E-state index in [1.54, 1.807) is 24.3 Å². The molecule has 0 radical (unpaired) electrons. The van der Waals surface area contributed by atoms with E-state index in [1.165, 1.54) is 6.42 Å². The molecule has 2 N–H and O–H groups in total. The Morgan fingerprint density at radius 3 is 2.50 bits per heavy atom. The number of carbonyl (C=O) groups excluding carboxylic acids is 2. The van der Waals surface area contributed by atoms with E-state index in [4.69, 9.17) is 4.74 Å². The fraction of sp³-hybridized carbons (Fsp3) is 0.391. The van der Waals surface area contributed by atoms with E-state index >= 15 is 0 Å². The van der Waals surface area contributed by atoms with E-state index in [0.717, 1.165) is 24.8 Å². The maximum absolute atomic E-state index is 12.6. The quantitative estimate of drug-likeness (QED) is 0.770. The molecule has 0 aliphatic heterocycles. The summed E-state index contributed by atoms with van der Waals surface area (Å²) in [6, 6.07) is 16.9. The van der Waals surface area contributed by atoms with Gasteiger partial charge in [-0.15, -0.1) is 0 Å². The smallest absolute Gasteiger partial charge is 0.258 e. The average Bonchev–Trinajstić information content (AvgIpc) is 2.73. The first-order valence-electron chi connectivity index (χ1n) is 9.97. The van der Waals surface area contributed by atoms with Crippen molar-refractivity contribution in [2.24, 2.45) is 5.92 Å². The molecule has 0 spiro atoms. The number of carbonyl (C=O) groups is 2. The van der Waals surface area contributed by atoms with Crippen LogP contribution in [-0.2, 0) is 11.3 Å². The van der Waals surface area contributed by atoms with Gasteiger partial charge in [-0.25, -0.2) is 0 Å².